The first kappa shape index (κ1) is 17.1. The predicted octanol–water partition coefficient (Wildman–Crippen LogP) is 5.58. The van der Waals surface area contributed by atoms with E-state index in [0.29, 0.717) is 22.7 Å². The van der Waals surface area contributed by atoms with Crippen molar-refractivity contribution in [2.75, 3.05) is 0 Å². The zero-order valence-corrected chi connectivity index (χ0v) is 14.9. The molecule has 0 radical (unpaired) electrons. The van der Waals surface area contributed by atoms with Gasteiger partial charge < -0.3 is 5.11 Å². The zero-order chi connectivity index (χ0) is 15.9. The summed E-state index contributed by atoms with van der Waals surface area (Å²) in [6.07, 6.45) is 10.5. The molecule has 0 aliphatic heterocycles. The molecule has 0 aromatic carbocycles. The van der Waals surface area contributed by atoms with E-state index in [1.807, 2.05) is 0 Å². The van der Waals surface area contributed by atoms with Crippen molar-refractivity contribution in [3.63, 3.8) is 0 Å². The first-order valence-electron chi connectivity index (χ1n) is 8.98. The first-order valence-corrected chi connectivity index (χ1v) is 8.98. The van der Waals surface area contributed by atoms with Crippen LogP contribution in [0.2, 0.25) is 0 Å². The van der Waals surface area contributed by atoms with Gasteiger partial charge in [-0.1, -0.05) is 40.2 Å². The third-order valence-electron chi connectivity index (χ3n) is 7.07. The minimum Gasteiger partial charge on any atom is -0.390 e. The molecular weight excluding hydrogens is 256 g/mol. The van der Waals surface area contributed by atoms with Gasteiger partial charge in [0.15, 0.2) is 0 Å². The fraction of sp³-hybridized carbons (Fsp3) is 0.900. The van der Waals surface area contributed by atoms with Gasteiger partial charge in [-0.15, -0.1) is 6.58 Å². The molecule has 122 valence electrons. The first-order chi connectivity index (χ1) is 9.63. The van der Waals surface area contributed by atoms with E-state index < -0.39 is 5.60 Å². The lowest BCUT2D eigenvalue weighted by Crippen LogP contribution is -2.57. The molecule has 1 heteroatoms. The van der Waals surface area contributed by atoms with Crippen LogP contribution in [-0.4, -0.2) is 10.7 Å². The normalized spacial score (nSPS) is 43.9. The van der Waals surface area contributed by atoms with Gasteiger partial charge in [-0.3, -0.25) is 0 Å². The monoisotopic (exact) mass is 292 g/mol. The Kier molecular flexibility index (Phi) is 4.65. The summed E-state index contributed by atoms with van der Waals surface area (Å²) in [5, 5.41) is 11.1. The second-order valence-corrected chi connectivity index (χ2v) is 9.14. The van der Waals surface area contributed by atoms with Crippen LogP contribution < -0.4 is 0 Å². The highest BCUT2D eigenvalue weighted by Gasteiger charge is 2.57. The lowest BCUT2D eigenvalue weighted by atomic mass is 9.45. The van der Waals surface area contributed by atoms with Gasteiger partial charge in [0.1, 0.15) is 0 Å². The van der Waals surface area contributed by atoms with Gasteiger partial charge in [0, 0.05) is 0 Å². The van der Waals surface area contributed by atoms with Crippen LogP contribution in [0.5, 0.6) is 0 Å². The van der Waals surface area contributed by atoms with Crippen LogP contribution >= 0.6 is 0 Å². The van der Waals surface area contributed by atoms with E-state index in [9.17, 15) is 5.11 Å². The number of fused-ring (bicyclic) bond motifs is 1. The Morgan fingerprint density at radius 2 is 1.86 bits per heavy atom. The van der Waals surface area contributed by atoms with Crippen LogP contribution in [0.15, 0.2) is 12.7 Å². The van der Waals surface area contributed by atoms with E-state index >= 15 is 0 Å². The molecule has 0 heterocycles. The molecule has 0 unspecified atom stereocenters. The number of rotatable bonds is 4. The Morgan fingerprint density at radius 1 is 1.19 bits per heavy atom. The SMILES string of the molecule is C=C[C@@H](C)CC[C@@H]1[C@@]2(C)CCCC(C)(C)[C@@H]2CC[C@@]1(C)O. The maximum Gasteiger partial charge on any atom is 0.0653 e. The fourth-order valence-electron chi connectivity index (χ4n) is 5.81. The van der Waals surface area contributed by atoms with Gasteiger partial charge in [0.25, 0.3) is 0 Å². The van der Waals surface area contributed by atoms with E-state index in [1.165, 1.54) is 25.7 Å². The van der Waals surface area contributed by atoms with Crippen LogP contribution in [0.4, 0.5) is 0 Å². The molecule has 2 rings (SSSR count). The summed E-state index contributed by atoms with van der Waals surface area (Å²) in [4.78, 5) is 0. The highest BCUT2D eigenvalue weighted by atomic mass is 16.3. The molecule has 0 aromatic heterocycles. The Hall–Kier alpha value is -0.300. The van der Waals surface area contributed by atoms with Crippen molar-refractivity contribution in [1.82, 2.24) is 0 Å². The molecule has 2 fully saturated rings. The number of aliphatic hydroxyl groups is 1. The summed E-state index contributed by atoms with van der Waals surface area (Å²) >= 11 is 0. The van der Waals surface area contributed by atoms with Crippen molar-refractivity contribution in [2.45, 2.75) is 85.2 Å². The lowest BCUT2D eigenvalue weighted by Gasteiger charge is -2.61. The highest BCUT2D eigenvalue weighted by Crippen LogP contribution is 2.62. The van der Waals surface area contributed by atoms with Crippen molar-refractivity contribution in [3.05, 3.63) is 12.7 Å². The average molecular weight is 293 g/mol. The molecule has 0 aromatic rings. The minimum absolute atomic E-state index is 0.310. The number of allylic oxidation sites excluding steroid dienone is 1. The summed E-state index contributed by atoms with van der Waals surface area (Å²) in [6.45, 7) is 15.7. The fourth-order valence-corrected chi connectivity index (χ4v) is 5.81. The largest absolute Gasteiger partial charge is 0.390 e. The molecular formula is C20H36O. The topological polar surface area (TPSA) is 20.2 Å². The van der Waals surface area contributed by atoms with Crippen LogP contribution in [0.3, 0.4) is 0 Å². The quantitative estimate of drug-likeness (QED) is 0.670. The second kappa shape index (κ2) is 5.72. The molecule has 1 N–H and O–H groups in total. The second-order valence-electron chi connectivity index (χ2n) is 9.14. The van der Waals surface area contributed by atoms with E-state index in [1.54, 1.807) is 0 Å². The summed E-state index contributed by atoms with van der Waals surface area (Å²) in [6, 6.07) is 0. The standard InChI is InChI=1S/C20H36O/c1-7-15(2)9-10-17-19(5)13-8-12-18(3,4)16(19)11-14-20(17,6)21/h7,15-17,21H,1,8-14H2,2-6H3/t15-,16+,17-,19+,20-/m1/s1. The molecule has 0 amide bonds. The highest BCUT2D eigenvalue weighted by molar-refractivity contribution is 5.07. The lowest BCUT2D eigenvalue weighted by molar-refractivity contribution is -0.169. The summed E-state index contributed by atoms with van der Waals surface area (Å²) < 4.78 is 0. The third-order valence-corrected chi connectivity index (χ3v) is 7.07. The van der Waals surface area contributed by atoms with E-state index in [2.05, 4.69) is 47.3 Å². The van der Waals surface area contributed by atoms with Crippen molar-refractivity contribution in [2.24, 2.45) is 28.6 Å². The van der Waals surface area contributed by atoms with E-state index in [-0.39, 0.29) is 0 Å². The summed E-state index contributed by atoms with van der Waals surface area (Å²) in [5.74, 6) is 1.76. The molecule has 0 spiro atoms. The molecule has 5 atom stereocenters. The maximum absolute atomic E-state index is 11.1. The van der Waals surface area contributed by atoms with Crippen LogP contribution in [-0.2, 0) is 0 Å². The van der Waals surface area contributed by atoms with Gasteiger partial charge in [0.2, 0.25) is 0 Å². The molecule has 0 saturated heterocycles. The molecule has 21 heavy (non-hydrogen) atoms. The molecule has 1 nitrogen and oxygen atoms in total. The van der Waals surface area contributed by atoms with Crippen molar-refractivity contribution in [1.29, 1.82) is 0 Å². The smallest absolute Gasteiger partial charge is 0.0653 e. The van der Waals surface area contributed by atoms with Gasteiger partial charge in [-0.2, -0.15) is 0 Å². The van der Waals surface area contributed by atoms with Crippen LogP contribution in [0.1, 0.15) is 79.6 Å². The Bertz CT molecular complexity index is 381. The predicted molar refractivity (Wildman–Crippen MR) is 91.2 cm³/mol. The van der Waals surface area contributed by atoms with Crippen molar-refractivity contribution in [3.8, 4) is 0 Å². The van der Waals surface area contributed by atoms with Crippen LogP contribution in [0, 0.1) is 28.6 Å². The van der Waals surface area contributed by atoms with Crippen molar-refractivity contribution < 1.29 is 5.11 Å². The Balaban J connectivity index is 2.26. The Morgan fingerprint density at radius 3 is 2.48 bits per heavy atom. The molecule has 2 saturated carbocycles. The summed E-state index contributed by atoms with van der Waals surface area (Å²) in [5.41, 5.74) is 0.260. The minimum atomic E-state index is -0.487. The van der Waals surface area contributed by atoms with Gasteiger partial charge in [-0.25, -0.2) is 0 Å². The van der Waals surface area contributed by atoms with Gasteiger partial charge >= 0.3 is 0 Å². The van der Waals surface area contributed by atoms with E-state index in [4.69, 9.17) is 0 Å². The number of hydrogen-bond donors (Lipinski definition) is 1. The average Bonchev–Trinajstić information content (AvgIpc) is 2.35. The Labute approximate surface area is 132 Å². The maximum atomic E-state index is 11.1. The summed E-state index contributed by atoms with van der Waals surface area (Å²) in [7, 11) is 0. The van der Waals surface area contributed by atoms with Gasteiger partial charge in [0.05, 0.1) is 5.60 Å². The molecule has 0 bridgehead atoms. The number of hydrogen-bond acceptors (Lipinski definition) is 1. The molecule has 2 aliphatic carbocycles. The zero-order valence-electron chi connectivity index (χ0n) is 14.9. The van der Waals surface area contributed by atoms with Gasteiger partial charge in [-0.05, 0) is 74.0 Å². The van der Waals surface area contributed by atoms with Crippen LogP contribution in [0.25, 0.3) is 0 Å². The third kappa shape index (κ3) is 3.09. The van der Waals surface area contributed by atoms with Crippen molar-refractivity contribution >= 4 is 0 Å². The molecule has 2 aliphatic rings. The van der Waals surface area contributed by atoms with E-state index in [0.717, 1.165) is 25.2 Å².